The summed E-state index contributed by atoms with van der Waals surface area (Å²) in [6.07, 6.45) is 0. The number of hydrogen-bond acceptors (Lipinski definition) is 4. The van der Waals surface area contributed by atoms with Crippen LogP contribution in [0, 0.1) is 0 Å². The standard InChI is InChI=1S/C11H13BrN2O3/c1-2-14-9(15)6-17-11(16)7-4-3-5-8(13)10(7)12/h3-5H,2,6,13H2,1H3,(H,14,15). The normalized spacial score (nSPS) is 9.76. The Hall–Kier alpha value is -1.56. The van der Waals surface area contributed by atoms with Gasteiger partial charge in [0, 0.05) is 12.2 Å². The van der Waals surface area contributed by atoms with E-state index >= 15 is 0 Å². The van der Waals surface area contributed by atoms with Crippen LogP contribution in [0.1, 0.15) is 17.3 Å². The molecule has 5 nitrogen and oxygen atoms in total. The van der Waals surface area contributed by atoms with E-state index in [1.165, 1.54) is 0 Å². The molecule has 17 heavy (non-hydrogen) atoms. The Morgan fingerprint density at radius 2 is 2.18 bits per heavy atom. The van der Waals surface area contributed by atoms with Crippen molar-refractivity contribution < 1.29 is 14.3 Å². The van der Waals surface area contributed by atoms with E-state index in [9.17, 15) is 9.59 Å². The summed E-state index contributed by atoms with van der Waals surface area (Å²) in [5, 5.41) is 2.53. The summed E-state index contributed by atoms with van der Waals surface area (Å²) >= 11 is 3.19. The van der Waals surface area contributed by atoms with Crippen molar-refractivity contribution in [1.29, 1.82) is 0 Å². The molecule has 0 atom stereocenters. The van der Waals surface area contributed by atoms with E-state index in [0.29, 0.717) is 22.3 Å². The first-order valence-corrected chi connectivity index (χ1v) is 5.83. The van der Waals surface area contributed by atoms with Crippen LogP contribution in [0.3, 0.4) is 0 Å². The number of halogens is 1. The summed E-state index contributed by atoms with van der Waals surface area (Å²) in [6, 6.07) is 4.87. The molecule has 6 heteroatoms. The van der Waals surface area contributed by atoms with Crippen LogP contribution in [0.5, 0.6) is 0 Å². The maximum atomic E-state index is 11.6. The first-order chi connectivity index (χ1) is 8.06. The Labute approximate surface area is 107 Å². The molecule has 1 aromatic rings. The average molecular weight is 301 g/mol. The number of nitrogens with one attached hydrogen (secondary N) is 1. The van der Waals surface area contributed by atoms with E-state index in [2.05, 4.69) is 21.2 Å². The Morgan fingerprint density at radius 3 is 2.82 bits per heavy atom. The number of hydrogen-bond donors (Lipinski definition) is 2. The number of carbonyl (C=O) groups is 2. The Bertz CT molecular complexity index is 435. The molecule has 0 bridgehead atoms. The van der Waals surface area contributed by atoms with Gasteiger partial charge >= 0.3 is 5.97 Å². The van der Waals surface area contributed by atoms with Crippen LogP contribution >= 0.6 is 15.9 Å². The number of anilines is 1. The maximum Gasteiger partial charge on any atom is 0.339 e. The van der Waals surface area contributed by atoms with E-state index < -0.39 is 5.97 Å². The van der Waals surface area contributed by atoms with Crippen molar-refractivity contribution in [1.82, 2.24) is 5.32 Å². The number of esters is 1. The van der Waals surface area contributed by atoms with Gasteiger partial charge in [-0.05, 0) is 35.0 Å². The predicted octanol–water partition coefficient (Wildman–Crippen LogP) is 1.32. The van der Waals surface area contributed by atoms with Crippen LogP contribution in [0.25, 0.3) is 0 Å². The van der Waals surface area contributed by atoms with Gasteiger partial charge in [0.1, 0.15) is 0 Å². The lowest BCUT2D eigenvalue weighted by Crippen LogP contribution is -2.28. The number of likely N-dealkylation sites (N-methyl/N-ethyl adjacent to an activating group) is 1. The molecule has 92 valence electrons. The van der Waals surface area contributed by atoms with Gasteiger partial charge in [0.25, 0.3) is 5.91 Å². The minimum atomic E-state index is -0.588. The van der Waals surface area contributed by atoms with Crippen molar-refractivity contribution in [2.24, 2.45) is 0 Å². The number of benzene rings is 1. The fraction of sp³-hybridized carbons (Fsp3) is 0.273. The molecule has 0 aromatic heterocycles. The lowest BCUT2D eigenvalue weighted by molar-refractivity contribution is -0.124. The zero-order valence-electron chi connectivity index (χ0n) is 9.33. The summed E-state index contributed by atoms with van der Waals surface area (Å²) < 4.78 is 5.31. The molecule has 1 amide bonds. The van der Waals surface area contributed by atoms with Crippen LogP contribution in [0.2, 0.25) is 0 Å². The minimum Gasteiger partial charge on any atom is -0.452 e. The fourth-order valence-corrected chi connectivity index (χ4v) is 1.59. The van der Waals surface area contributed by atoms with E-state index in [-0.39, 0.29) is 12.5 Å². The van der Waals surface area contributed by atoms with Gasteiger partial charge in [-0.15, -0.1) is 0 Å². The predicted molar refractivity (Wildman–Crippen MR) is 67.5 cm³/mol. The molecule has 0 unspecified atom stereocenters. The van der Waals surface area contributed by atoms with E-state index in [0.717, 1.165) is 0 Å². The quantitative estimate of drug-likeness (QED) is 0.649. The van der Waals surface area contributed by atoms with Gasteiger partial charge in [0.05, 0.1) is 10.0 Å². The summed E-state index contributed by atoms with van der Waals surface area (Å²) in [5.74, 6) is -0.920. The molecule has 1 rings (SSSR count). The zero-order valence-corrected chi connectivity index (χ0v) is 10.9. The zero-order chi connectivity index (χ0) is 12.8. The number of nitrogens with two attached hydrogens (primary N) is 1. The monoisotopic (exact) mass is 300 g/mol. The second-order valence-electron chi connectivity index (χ2n) is 3.24. The van der Waals surface area contributed by atoms with Crippen molar-refractivity contribution in [2.75, 3.05) is 18.9 Å². The van der Waals surface area contributed by atoms with Gasteiger partial charge in [-0.1, -0.05) is 6.07 Å². The number of ether oxygens (including phenoxy) is 1. The number of carbonyl (C=O) groups excluding carboxylic acids is 2. The first-order valence-electron chi connectivity index (χ1n) is 5.04. The topological polar surface area (TPSA) is 81.4 Å². The molecule has 3 N–H and O–H groups in total. The molecule has 1 aromatic carbocycles. The molecule has 0 aliphatic heterocycles. The molecule has 0 aliphatic rings. The molecule has 0 heterocycles. The van der Waals surface area contributed by atoms with Gasteiger partial charge in [0.2, 0.25) is 0 Å². The third-order valence-corrected chi connectivity index (χ3v) is 2.84. The molecule has 0 aliphatic carbocycles. The van der Waals surface area contributed by atoms with Crippen molar-refractivity contribution in [3.05, 3.63) is 28.2 Å². The van der Waals surface area contributed by atoms with E-state index in [1.54, 1.807) is 25.1 Å². The van der Waals surface area contributed by atoms with Gasteiger partial charge in [-0.25, -0.2) is 4.79 Å². The molecule has 0 spiro atoms. The van der Waals surface area contributed by atoms with Crippen LogP contribution in [-0.2, 0) is 9.53 Å². The molecule has 0 saturated heterocycles. The highest BCUT2D eigenvalue weighted by molar-refractivity contribution is 9.10. The number of amides is 1. The fourth-order valence-electron chi connectivity index (χ4n) is 1.16. The van der Waals surface area contributed by atoms with E-state index in [1.807, 2.05) is 0 Å². The number of nitrogen functional groups attached to an aromatic ring is 1. The minimum absolute atomic E-state index is 0.298. The molecule has 0 radical (unpaired) electrons. The number of rotatable bonds is 4. The van der Waals surface area contributed by atoms with E-state index in [4.69, 9.17) is 10.5 Å². The summed E-state index contributed by atoms with van der Waals surface area (Å²) in [6.45, 7) is 1.99. The smallest absolute Gasteiger partial charge is 0.339 e. The van der Waals surface area contributed by atoms with Gasteiger partial charge in [-0.2, -0.15) is 0 Å². The molecular weight excluding hydrogens is 288 g/mol. The summed E-state index contributed by atoms with van der Waals surface area (Å²) in [4.78, 5) is 22.7. The van der Waals surface area contributed by atoms with Crippen LogP contribution in [0.15, 0.2) is 22.7 Å². The van der Waals surface area contributed by atoms with Gasteiger partial charge in [0.15, 0.2) is 6.61 Å². The second-order valence-corrected chi connectivity index (χ2v) is 4.03. The highest BCUT2D eigenvalue weighted by Crippen LogP contribution is 2.24. The molecule has 0 fully saturated rings. The third kappa shape index (κ3) is 3.74. The highest BCUT2D eigenvalue weighted by atomic mass is 79.9. The van der Waals surface area contributed by atoms with Crippen LogP contribution in [0.4, 0.5) is 5.69 Å². The SMILES string of the molecule is CCNC(=O)COC(=O)c1cccc(N)c1Br. The Kier molecular flexibility index (Phi) is 4.96. The maximum absolute atomic E-state index is 11.6. The highest BCUT2D eigenvalue weighted by Gasteiger charge is 2.14. The Morgan fingerprint density at radius 1 is 1.47 bits per heavy atom. The van der Waals surface area contributed by atoms with Gasteiger partial charge < -0.3 is 15.8 Å². The lowest BCUT2D eigenvalue weighted by atomic mass is 10.2. The molecule has 0 saturated carbocycles. The summed E-state index contributed by atoms with van der Waals surface area (Å²) in [5.41, 5.74) is 6.37. The Balaban J connectivity index is 2.64. The first kappa shape index (κ1) is 13.5. The van der Waals surface area contributed by atoms with Crippen LogP contribution < -0.4 is 11.1 Å². The van der Waals surface area contributed by atoms with Crippen LogP contribution in [-0.4, -0.2) is 25.0 Å². The van der Waals surface area contributed by atoms with Crippen molar-refractivity contribution in [2.45, 2.75) is 6.92 Å². The summed E-state index contributed by atoms with van der Waals surface area (Å²) in [7, 11) is 0. The van der Waals surface area contributed by atoms with Crippen molar-refractivity contribution in [3.63, 3.8) is 0 Å². The molecular formula is C11H13BrN2O3. The second kappa shape index (κ2) is 6.24. The third-order valence-electron chi connectivity index (χ3n) is 1.96. The van der Waals surface area contributed by atoms with Crippen molar-refractivity contribution in [3.8, 4) is 0 Å². The average Bonchev–Trinajstić information content (AvgIpc) is 2.30. The largest absolute Gasteiger partial charge is 0.452 e. The lowest BCUT2D eigenvalue weighted by Gasteiger charge is -2.07. The van der Waals surface area contributed by atoms with Crippen molar-refractivity contribution >= 4 is 33.5 Å². The van der Waals surface area contributed by atoms with Gasteiger partial charge in [-0.3, -0.25) is 4.79 Å².